The van der Waals surface area contributed by atoms with Crippen LogP contribution in [0.1, 0.15) is 11.3 Å². The van der Waals surface area contributed by atoms with Crippen molar-refractivity contribution in [3.63, 3.8) is 0 Å². The summed E-state index contributed by atoms with van der Waals surface area (Å²) in [5, 5.41) is 7.05. The molecule has 0 aliphatic heterocycles. The number of aromatic nitrogens is 2. The average Bonchev–Trinajstić information content (AvgIpc) is 2.24. The van der Waals surface area contributed by atoms with Crippen LogP contribution in [0.25, 0.3) is 0 Å². The van der Waals surface area contributed by atoms with E-state index in [0.29, 0.717) is 17.1 Å². The lowest BCUT2D eigenvalue weighted by Crippen LogP contribution is -2.10. The van der Waals surface area contributed by atoms with Gasteiger partial charge in [-0.3, -0.25) is 4.79 Å². The maximum atomic E-state index is 11.0. The lowest BCUT2D eigenvalue weighted by Gasteiger charge is -2.01. The topological polar surface area (TPSA) is 45.8 Å². The lowest BCUT2D eigenvalue weighted by molar-refractivity contribution is 0.911. The summed E-state index contributed by atoms with van der Waals surface area (Å²) in [6, 6.07) is 9.01. The molecule has 1 N–H and O–H groups in total. The molecule has 0 amide bonds. The molecule has 0 radical (unpaired) electrons. The zero-order chi connectivity index (χ0) is 11.5. The Morgan fingerprint density at radius 1 is 1.25 bits per heavy atom. The van der Waals surface area contributed by atoms with Crippen LogP contribution in [0, 0.1) is 0 Å². The van der Waals surface area contributed by atoms with Crippen molar-refractivity contribution < 1.29 is 0 Å². The molecule has 0 bridgehead atoms. The highest BCUT2D eigenvalue weighted by Gasteiger charge is 2.02. The van der Waals surface area contributed by atoms with E-state index in [9.17, 15) is 4.79 Å². The Morgan fingerprint density at radius 2 is 2.06 bits per heavy atom. The first kappa shape index (κ1) is 11.2. The SMILES string of the molecule is O=c1[nH]nc(Cc2cccc(Cl)c2)cc1Cl. The maximum absolute atomic E-state index is 11.0. The number of rotatable bonds is 2. The fourth-order valence-electron chi connectivity index (χ4n) is 1.37. The van der Waals surface area contributed by atoms with Gasteiger partial charge in [0, 0.05) is 11.4 Å². The highest BCUT2D eigenvalue weighted by atomic mass is 35.5. The first-order valence-electron chi connectivity index (χ1n) is 4.64. The van der Waals surface area contributed by atoms with Crippen molar-refractivity contribution in [3.8, 4) is 0 Å². The molecule has 2 aromatic rings. The largest absolute Gasteiger partial charge is 0.282 e. The molecule has 0 fully saturated rings. The van der Waals surface area contributed by atoms with E-state index in [1.807, 2.05) is 18.2 Å². The van der Waals surface area contributed by atoms with Crippen LogP contribution in [0.2, 0.25) is 10.0 Å². The standard InChI is InChI=1S/C11H8Cl2N2O/c12-8-3-1-2-7(4-8)5-9-6-10(13)11(16)15-14-9/h1-4,6H,5H2,(H,15,16). The minimum Gasteiger partial charge on any atom is -0.266 e. The van der Waals surface area contributed by atoms with Crippen molar-refractivity contribution in [1.82, 2.24) is 10.2 Å². The minimum atomic E-state index is -0.378. The summed E-state index contributed by atoms with van der Waals surface area (Å²) >= 11 is 11.6. The number of benzene rings is 1. The number of halogens is 2. The molecule has 1 heterocycles. The van der Waals surface area contributed by atoms with Crippen LogP contribution >= 0.6 is 23.2 Å². The average molecular weight is 255 g/mol. The van der Waals surface area contributed by atoms with Crippen molar-refractivity contribution in [1.29, 1.82) is 0 Å². The molecule has 0 spiro atoms. The number of nitrogens with zero attached hydrogens (tertiary/aromatic N) is 1. The third kappa shape index (κ3) is 2.62. The van der Waals surface area contributed by atoms with Crippen molar-refractivity contribution in [2.75, 3.05) is 0 Å². The molecule has 0 unspecified atom stereocenters. The van der Waals surface area contributed by atoms with Crippen LogP contribution in [-0.2, 0) is 6.42 Å². The molecule has 1 aromatic heterocycles. The van der Waals surface area contributed by atoms with E-state index in [-0.39, 0.29) is 10.6 Å². The summed E-state index contributed by atoms with van der Waals surface area (Å²) in [6.07, 6.45) is 0.580. The number of H-pyrrole nitrogens is 1. The second-order valence-electron chi connectivity index (χ2n) is 3.34. The summed E-state index contributed by atoms with van der Waals surface area (Å²) < 4.78 is 0. The molecule has 16 heavy (non-hydrogen) atoms. The Hall–Kier alpha value is -1.32. The lowest BCUT2D eigenvalue weighted by atomic mass is 10.1. The molecule has 0 aliphatic carbocycles. The van der Waals surface area contributed by atoms with Crippen molar-refractivity contribution in [2.24, 2.45) is 0 Å². The fraction of sp³-hybridized carbons (Fsp3) is 0.0909. The summed E-state index contributed by atoms with van der Waals surface area (Å²) in [5.74, 6) is 0. The Morgan fingerprint density at radius 3 is 2.75 bits per heavy atom. The Labute approximate surface area is 102 Å². The molecule has 3 nitrogen and oxygen atoms in total. The van der Waals surface area contributed by atoms with Crippen LogP contribution in [-0.4, -0.2) is 10.2 Å². The molecule has 0 atom stereocenters. The van der Waals surface area contributed by atoms with Crippen molar-refractivity contribution >= 4 is 23.2 Å². The van der Waals surface area contributed by atoms with Crippen molar-refractivity contribution in [3.05, 3.63) is 62.0 Å². The van der Waals surface area contributed by atoms with Gasteiger partial charge in [-0.25, -0.2) is 5.10 Å². The molecule has 5 heteroatoms. The van der Waals surface area contributed by atoms with Gasteiger partial charge in [-0.1, -0.05) is 35.3 Å². The zero-order valence-corrected chi connectivity index (χ0v) is 9.72. The smallest absolute Gasteiger partial charge is 0.266 e. The third-order valence-corrected chi connectivity index (χ3v) is 2.60. The van der Waals surface area contributed by atoms with E-state index in [1.54, 1.807) is 12.1 Å². The molecule has 2 rings (SSSR count). The summed E-state index contributed by atoms with van der Waals surface area (Å²) in [7, 11) is 0. The molecule has 0 saturated heterocycles. The van der Waals surface area contributed by atoms with E-state index in [2.05, 4.69) is 10.2 Å². The van der Waals surface area contributed by atoms with E-state index in [1.165, 1.54) is 0 Å². The quantitative estimate of drug-likeness (QED) is 0.896. The highest BCUT2D eigenvalue weighted by molar-refractivity contribution is 6.30. The van der Waals surface area contributed by atoms with Gasteiger partial charge in [-0.05, 0) is 23.8 Å². The number of aromatic amines is 1. The van der Waals surface area contributed by atoms with Gasteiger partial charge in [0.25, 0.3) is 5.56 Å². The fourth-order valence-corrected chi connectivity index (χ4v) is 1.75. The van der Waals surface area contributed by atoms with Gasteiger partial charge < -0.3 is 0 Å². The number of hydrogen-bond acceptors (Lipinski definition) is 2. The molecule has 82 valence electrons. The van der Waals surface area contributed by atoms with Crippen LogP contribution in [0.3, 0.4) is 0 Å². The van der Waals surface area contributed by atoms with Gasteiger partial charge in [0.1, 0.15) is 5.02 Å². The van der Waals surface area contributed by atoms with E-state index in [4.69, 9.17) is 23.2 Å². The molecule has 0 aliphatic rings. The first-order chi connectivity index (χ1) is 7.65. The molecule has 0 saturated carbocycles. The predicted octanol–water partition coefficient (Wildman–Crippen LogP) is 2.67. The second kappa shape index (κ2) is 4.68. The van der Waals surface area contributed by atoms with Crippen LogP contribution in [0.15, 0.2) is 35.1 Å². The Kier molecular flexibility index (Phi) is 3.27. The van der Waals surface area contributed by atoms with Gasteiger partial charge in [0.15, 0.2) is 0 Å². The van der Waals surface area contributed by atoms with E-state index < -0.39 is 0 Å². The highest BCUT2D eigenvalue weighted by Crippen LogP contribution is 2.14. The first-order valence-corrected chi connectivity index (χ1v) is 5.39. The zero-order valence-electron chi connectivity index (χ0n) is 8.21. The van der Waals surface area contributed by atoms with Crippen LogP contribution in [0.4, 0.5) is 0 Å². The van der Waals surface area contributed by atoms with Crippen molar-refractivity contribution in [2.45, 2.75) is 6.42 Å². The minimum absolute atomic E-state index is 0.145. The molecular weight excluding hydrogens is 247 g/mol. The second-order valence-corrected chi connectivity index (χ2v) is 4.19. The number of hydrogen-bond donors (Lipinski definition) is 1. The predicted molar refractivity (Wildman–Crippen MR) is 64.1 cm³/mol. The molecule has 1 aromatic carbocycles. The summed E-state index contributed by atoms with van der Waals surface area (Å²) in [5.41, 5.74) is 1.34. The van der Waals surface area contributed by atoms with Gasteiger partial charge in [-0.2, -0.15) is 5.10 Å². The summed E-state index contributed by atoms with van der Waals surface area (Å²) in [4.78, 5) is 11.0. The normalized spacial score (nSPS) is 10.4. The number of nitrogens with one attached hydrogen (secondary N) is 1. The third-order valence-electron chi connectivity index (χ3n) is 2.09. The monoisotopic (exact) mass is 254 g/mol. The molecular formula is C11H8Cl2N2O. The van der Waals surface area contributed by atoms with E-state index >= 15 is 0 Å². The maximum Gasteiger partial charge on any atom is 0.282 e. The van der Waals surface area contributed by atoms with Gasteiger partial charge in [-0.15, -0.1) is 0 Å². The summed E-state index contributed by atoms with van der Waals surface area (Å²) in [6.45, 7) is 0. The Balaban J connectivity index is 2.27. The van der Waals surface area contributed by atoms with Crippen LogP contribution < -0.4 is 5.56 Å². The van der Waals surface area contributed by atoms with Gasteiger partial charge in [0.05, 0.1) is 5.69 Å². The Bertz CT molecular complexity index is 566. The van der Waals surface area contributed by atoms with E-state index in [0.717, 1.165) is 5.56 Å². The van der Waals surface area contributed by atoms with Gasteiger partial charge >= 0.3 is 0 Å². The van der Waals surface area contributed by atoms with Gasteiger partial charge in [0.2, 0.25) is 0 Å². The van der Waals surface area contributed by atoms with Crippen LogP contribution in [0.5, 0.6) is 0 Å².